The molecule has 1 aromatic heterocycles. The van der Waals surface area contributed by atoms with E-state index in [-0.39, 0.29) is 11.1 Å². The fourth-order valence-electron chi connectivity index (χ4n) is 3.12. The molecule has 2 heterocycles. The first kappa shape index (κ1) is 12.2. The van der Waals surface area contributed by atoms with Crippen LogP contribution >= 0.6 is 23.2 Å². The van der Waals surface area contributed by atoms with E-state index in [0.29, 0.717) is 22.4 Å². The Morgan fingerprint density at radius 1 is 1.28 bits per heavy atom. The molecule has 2 atom stereocenters. The fraction of sp³-hybridized carbons (Fsp3) is 0.538. The van der Waals surface area contributed by atoms with Crippen LogP contribution in [0.15, 0.2) is 12.3 Å². The van der Waals surface area contributed by atoms with Crippen molar-refractivity contribution in [3.63, 3.8) is 0 Å². The average molecular weight is 285 g/mol. The first-order valence-corrected chi connectivity index (χ1v) is 7.01. The second-order valence-electron chi connectivity index (χ2n) is 5.16. The van der Waals surface area contributed by atoms with Gasteiger partial charge in [-0.1, -0.05) is 29.6 Å². The van der Waals surface area contributed by atoms with Crippen LogP contribution in [-0.4, -0.2) is 28.9 Å². The van der Waals surface area contributed by atoms with Crippen molar-refractivity contribution >= 4 is 29.1 Å². The highest BCUT2D eigenvalue weighted by Crippen LogP contribution is 2.38. The molecule has 18 heavy (non-hydrogen) atoms. The Labute approximate surface area is 116 Å². The SMILES string of the molecule is O=C(c1cnc(Cl)c(Cl)c1)N1CC2CCCC2C1. The summed E-state index contributed by atoms with van der Waals surface area (Å²) in [6.07, 6.45) is 5.33. The Bertz CT molecular complexity index is 480. The van der Waals surface area contributed by atoms with Crippen LogP contribution in [0.5, 0.6) is 0 Å². The second kappa shape index (κ2) is 4.71. The maximum absolute atomic E-state index is 12.3. The molecule has 1 saturated heterocycles. The predicted octanol–water partition coefficient (Wildman–Crippen LogP) is 3.26. The number of hydrogen-bond donors (Lipinski definition) is 0. The second-order valence-corrected chi connectivity index (χ2v) is 5.92. The maximum atomic E-state index is 12.3. The first-order chi connectivity index (χ1) is 8.65. The van der Waals surface area contributed by atoms with E-state index in [1.54, 1.807) is 6.07 Å². The lowest BCUT2D eigenvalue weighted by molar-refractivity contribution is 0.0780. The standard InChI is InChI=1S/C13H14Cl2N2O/c14-11-4-10(5-16-12(11)15)13(18)17-6-8-2-1-3-9(8)7-17/h4-5,8-9H,1-3,6-7H2. The number of fused-ring (bicyclic) bond motifs is 1. The molecule has 1 saturated carbocycles. The molecule has 3 nitrogen and oxygen atoms in total. The molecule has 0 bridgehead atoms. The third-order valence-electron chi connectivity index (χ3n) is 4.06. The number of carbonyl (C=O) groups is 1. The molecule has 1 aromatic rings. The zero-order chi connectivity index (χ0) is 12.7. The quantitative estimate of drug-likeness (QED) is 0.742. The van der Waals surface area contributed by atoms with Crippen molar-refractivity contribution in [2.45, 2.75) is 19.3 Å². The molecule has 0 radical (unpaired) electrons. The third-order valence-corrected chi connectivity index (χ3v) is 4.74. The van der Waals surface area contributed by atoms with Gasteiger partial charge < -0.3 is 4.90 Å². The summed E-state index contributed by atoms with van der Waals surface area (Å²) >= 11 is 11.7. The molecule has 5 heteroatoms. The average Bonchev–Trinajstić information content (AvgIpc) is 2.92. The van der Waals surface area contributed by atoms with Crippen molar-refractivity contribution in [1.29, 1.82) is 0 Å². The Balaban J connectivity index is 1.77. The smallest absolute Gasteiger partial charge is 0.255 e. The van der Waals surface area contributed by atoms with Crippen molar-refractivity contribution in [3.8, 4) is 0 Å². The van der Waals surface area contributed by atoms with Crippen LogP contribution < -0.4 is 0 Å². The molecule has 1 aliphatic heterocycles. The number of pyridine rings is 1. The number of hydrogen-bond acceptors (Lipinski definition) is 2. The summed E-state index contributed by atoms with van der Waals surface area (Å²) in [4.78, 5) is 18.2. The van der Waals surface area contributed by atoms with E-state index in [0.717, 1.165) is 13.1 Å². The predicted molar refractivity (Wildman–Crippen MR) is 71.0 cm³/mol. The van der Waals surface area contributed by atoms with Gasteiger partial charge in [0.05, 0.1) is 10.6 Å². The third kappa shape index (κ3) is 2.10. The molecule has 2 fully saturated rings. The molecule has 96 valence electrons. The van der Waals surface area contributed by atoms with E-state index in [9.17, 15) is 4.79 Å². The zero-order valence-electron chi connectivity index (χ0n) is 9.90. The molecule has 0 spiro atoms. The molecular formula is C13H14Cl2N2O. The van der Waals surface area contributed by atoms with Crippen molar-refractivity contribution in [3.05, 3.63) is 28.0 Å². The number of carbonyl (C=O) groups excluding carboxylic acids is 1. The van der Waals surface area contributed by atoms with Crippen molar-refractivity contribution in [2.75, 3.05) is 13.1 Å². The van der Waals surface area contributed by atoms with Gasteiger partial charge >= 0.3 is 0 Å². The summed E-state index contributed by atoms with van der Waals surface area (Å²) < 4.78 is 0. The minimum absolute atomic E-state index is 0.0236. The van der Waals surface area contributed by atoms with Gasteiger partial charge in [0, 0.05) is 19.3 Å². The lowest BCUT2D eigenvalue weighted by atomic mass is 10.0. The summed E-state index contributed by atoms with van der Waals surface area (Å²) in [6, 6.07) is 1.60. The van der Waals surface area contributed by atoms with Gasteiger partial charge in [0.2, 0.25) is 0 Å². The summed E-state index contributed by atoms with van der Waals surface area (Å²) in [7, 11) is 0. The number of nitrogens with zero attached hydrogens (tertiary/aromatic N) is 2. The Hall–Kier alpha value is -0.800. The number of likely N-dealkylation sites (tertiary alicyclic amines) is 1. The van der Waals surface area contributed by atoms with E-state index in [1.807, 2.05) is 4.90 Å². The van der Waals surface area contributed by atoms with Crippen molar-refractivity contribution in [1.82, 2.24) is 9.88 Å². The number of aromatic nitrogens is 1. The molecule has 1 amide bonds. The molecular weight excluding hydrogens is 271 g/mol. The van der Waals surface area contributed by atoms with E-state index >= 15 is 0 Å². The molecule has 2 aliphatic rings. The lowest BCUT2D eigenvalue weighted by Crippen LogP contribution is -2.29. The van der Waals surface area contributed by atoms with E-state index in [4.69, 9.17) is 23.2 Å². The highest BCUT2D eigenvalue weighted by atomic mass is 35.5. The molecule has 0 N–H and O–H groups in total. The summed E-state index contributed by atoms with van der Waals surface area (Å²) in [5, 5.41) is 0.577. The molecule has 2 unspecified atom stereocenters. The number of rotatable bonds is 1. The van der Waals surface area contributed by atoms with Crippen LogP contribution in [0.2, 0.25) is 10.2 Å². The Morgan fingerprint density at radius 2 is 1.94 bits per heavy atom. The zero-order valence-corrected chi connectivity index (χ0v) is 11.4. The van der Waals surface area contributed by atoms with Gasteiger partial charge in [-0.05, 0) is 30.7 Å². The van der Waals surface area contributed by atoms with Crippen LogP contribution in [0.3, 0.4) is 0 Å². The van der Waals surface area contributed by atoms with Crippen LogP contribution in [-0.2, 0) is 0 Å². The summed E-state index contributed by atoms with van der Waals surface area (Å²) in [5.74, 6) is 1.42. The van der Waals surface area contributed by atoms with Gasteiger partial charge in [0.15, 0.2) is 0 Å². The van der Waals surface area contributed by atoms with Gasteiger partial charge in [0.1, 0.15) is 5.15 Å². The highest BCUT2D eigenvalue weighted by molar-refractivity contribution is 6.41. The van der Waals surface area contributed by atoms with Gasteiger partial charge in [-0.25, -0.2) is 4.98 Å². The fourth-order valence-corrected chi connectivity index (χ4v) is 3.39. The van der Waals surface area contributed by atoms with Gasteiger partial charge in [-0.15, -0.1) is 0 Å². The van der Waals surface area contributed by atoms with E-state index in [2.05, 4.69) is 4.98 Å². The normalized spacial score (nSPS) is 26.4. The number of halogens is 2. The Morgan fingerprint density at radius 3 is 2.56 bits per heavy atom. The summed E-state index contributed by atoms with van der Waals surface area (Å²) in [6.45, 7) is 1.76. The minimum Gasteiger partial charge on any atom is -0.338 e. The van der Waals surface area contributed by atoms with E-state index in [1.165, 1.54) is 25.5 Å². The van der Waals surface area contributed by atoms with Gasteiger partial charge in [-0.2, -0.15) is 0 Å². The largest absolute Gasteiger partial charge is 0.338 e. The molecule has 0 aromatic carbocycles. The first-order valence-electron chi connectivity index (χ1n) is 6.25. The maximum Gasteiger partial charge on any atom is 0.255 e. The summed E-state index contributed by atoms with van der Waals surface area (Å²) in [5.41, 5.74) is 0.532. The monoisotopic (exact) mass is 284 g/mol. The van der Waals surface area contributed by atoms with Crippen LogP contribution in [0.4, 0.5) is 0 Å². The minimum atomic E-state index is 0.0236. The highest BCUT2D eigenvalue weighted by Gasteiger charge is 2.38. The van der Waals surface area contributed by atoms with E-state index < -0.39 is 0 Å². The lowest BCUT2D eigenvalue weighted by Gasteiger charge is -2.17. The van der Waals surface area contributed by atoms with Gasteiger partial charge in [0.25, 0.3) is 5.91 Å². The Kier molecular flexibility index (Phi) is 3.20. The van der Waals surface area contributed by atoms with Crippen molar-refractivity contribution in [2.24, 2.45) is 11.8 Å². The number of amides is 1. The van der Waals surface area contributed by atoms with Crippen molar-refractivity contribution < 1.29 is 4.79 Å². The van der Waals surface area contributed by atoms with Gasteiger partial charge in [-0.3, -0.25) is 4.79 Å². The van der Waals surface area contributed by atoms with Crippen LogP contribution in [0, 0.1) is 11.8 Å². The molecule has 1 aliphatic carbocycles. The molecule has 3 rings (SSSR count). The topological polar surface area (TPSA) is 33.2 Å². The van der Waals surface area contributed by atoms with Crippen LogP contribution in [0.1, 0.15) is 29.6 Å². The van der Waals surface area contributed by atoms with Crippen LogP contribution in [0.25, 0.3) is 0 Å².